The average molecular weight is 431 g/mol. The number of methoxy groups -OCH3 is 1. The third kappa shape index (κ3) is 4.16. The van der Waals surface area contributed by atoms with E-state index in [1.165, 1.54) is 0 Å². The van der Waals surface area contributed by atoms with Crippen molar-refractivity contribution in [1.29, 1.82) is 0 Å². The monoisotopic (exact) mass is 430 g/mol. The Kier molecular flexibility index (Phi) is 5.85. The number of anilines is 2. The van der Waals surface area contributed by atoms with Gasteiger partial charge in [0, 0.05) is 28.3 Å². The largest absolute Gasteiger partial charge is 0.497 e. The molecule has 0 saturated heterocycles. The summed E-state index contributed by atoms with van der Waals surface area (Å²) in [4.78, 5) is 27.1. The first-order valence-corrected chi connectivity index (χ1v) is 9.79. The maximum Gasteiger partial charge on any atom is 0.256 e. The van der Waals surface area contributed by atoms with Gasteiger partial charge < -0.3 is 15.0 Å². The van der Waals surface area contributed by atoms with E-state index in [0.717, 1.165) is 24.1 Å². The minimum Gasteiger partial charge on any atom is -0.497 e. The van der Waals surface area contributed by atoms with Crippen LogP contribution in [0.4, 0.5) is 11.4 Å². The van der Waals surface area contributed by atoms with Gasteiger partial charge in [0.25, 0.3) is 5.91 Å². The highest BCUT2D eigenvalue weighted by molar-refractivity contribution is 9.10. The number of nitrogens with zero attached hydrogens (tertiary/aromatic N) is 1. The Morgan fingerprint density at radius 2 is 1.96 bits per heavy atom. The molecule has 2 amide bonds. The van der Waals surface area contributed by atoms with Crippen molar-refractivity contribution in [3.05, 3.63) is 52.0 Å². The predicted octanol–water partition coefficient (Wildman–Crippen LogP) is 4.65. The SMILES string of the molecule is COc1ccc(Br)c(C(=O)Nc2ccc3c(c2)N(C(=O)C(C)C)CCC3)c1. The smallest absolute Gasteiger partial charge is 0.256 e. The molecule has 1 N–H and O–H groups in total. The van der Waals surface area contributed by atoms with Crippen LogP contribution in [0.15, 0.2) is 40.9 Å². The summed E-state index contributed by atoms with van der Waals surface area (Å²) in [6.07, 6.45) is 1.89. The Bertz CT molecular complexity index is 880. The van der Waals surface area contributed by atoms with E-state index in [1.807, 2.05) is 36.9 Å². The summed E-state index contributed by atoms with van der Waals surface area (Å²) < 4.78 is 5.89. The van der Waals surface area contributed by atoms with Crippen molar-refractivity contribution in [2.75, 3.05) is 23.9 Å². The van der Waals surface area contributed by atoms with E-state index in [0.29, 0.717) is 28.0 Å². The van der Waals surface area contributed by atoms with Crippen LogP contribution < -0.4 is 15.0 Å². The number of hydrogen-bond acceptors (Lipinski definition) is 3. The van der Waals surface area contributed by atoms with Crippen molar-refractivity contribution in [3.63, 3.8) is 0 Å². The number of hydrogen-bond donors (Lipinski definition) is 1. The second-order valence-corrected chi connectivity index (χ2v) is 7.75. The van der Waals surface area contributed by atoms with Gasteiger partial charge in [-0.3, -0.25) is 9.59 Å². The second-order valence-electron chi connectivity index (χ2n) is 6.89. The molecule has 6 heteroatoms. The molecule has 1 aliphatic heterocycles. The highest BCUT2D eigenvalue weighted by Crippen LogP contribution is 2.32. The number of carbonyl (C=O) groups excluding carboxylic acids is 2. The fourth-order valence-electron chi connectivity index (χ4n) is 3.20. The van der Waals surface area contributed by atoms with Crippen molar-refractivity contribution >= 4 is 39.1 Å². The number of ether oxygens (including phenoxy) is 1. The zero-order chi connectivity index (χ0) is 19.6. The van der Waals surface area contributed by atoms with Crippen molar-refractivity contribution in [3.8, 4) is 5.75 Å². The van der Waals surface area contributed by atoms with Crippen molar-refractivity contribution in [2.24, 2.45) is 5.92 Å². The Balaban J connectivity index is 1.88. The Morgan fingerprint density at radius 1 is 1.19 bits per heavy atom. The lowest BCUT2D eigenvalue weighted by Gasteiger charge is -2.31. The van der Waals surface area contributed by atoms with Gasteiger partial charge in [0.2, 0.25) is 5.91 Å². The van der Waals surface area contributed by atoms with Crippen LogP contribution in [0.1, 0.15) is 36.2 Å². The van der Waals surface area contributed by atoms with E-state index < -0.39 is 0 Å². The number of benzene rings is 2. The molecule has 2 aromatic carbocycles. The van der Waals surface area contributed by atoms with E-state index >= 15 is 0 Å². The zero-order valence-corrected chi connectivity index (χ0v) is 17.3. The van der Waals surface area contributed by atoms with E-state index in [1.54, 1.807) is 25.3 Å². The van der Waals surface area contributed by atoms with Crippen LogP contribution in [0.5, 0.6) is 5.75 Å². The molecule has 0 unspecified atom stereocenters. The first-order valence-electron chi connectivity index (χ1n) is 9.00. The number of rotatable bonds is 4. The van der Waals surface area contributed by atoms with Gasteiger partial charge in [-0.15, -0.1) is 0 Å². The minimum absolute atomic E-state index is 0.0677. The van der Waals surface area contributed by atoms with Gasteiger partial charge in [0.1, 0.15) is 5.75 Å². The highest BCUT2D eigenvalue weighted by atomic mass is 79.9. The van der Waals surface area contributed by atoms with Gasteiger partial charge in [-0.2, -0.15) is 0 Å². The summed E-state index contributed by atoms with van der Waals surface area (Å²) in [5.74, 6) is 0.415. The maximum absolute atomic E-state index is 12.7. The van der Waals surface area contributed by atoms with Gasteiger partial charge >= 0.3 is 0 Å². The molecule has 0 spiro atoms. The zero-order valence-electron chi connectivity index (χ0n) is 15.7. The van der Waals surface area contributed by atoms with Gasteiger partial charge in [-0.05, 0) is 64.7 Å². The minimum atomic E-state index is -0.238. The lowest BCUT2D eigenvalue weighted by molar-refractivity contribution is -0.121. The molecule has 1 aliphatic rings. The molecule has 1 heterocycles. The van der Waals surface area contributed by atoms with Crippen molar-refractivity contribution in [1.82, 2.24) is 0 Å². The Labute approximate surface area is 167 Å². The van der Waals surface area contributed by atoms with Crippen LogP contribution in [-0.4, -0.2) is 25.5 Å². The van der Waals surface area contributed by atoms with Gasteiger partial charge in [0.05, 0.1) is 12.7 Å². The van der Waals surface area contributed by atoms with Crippen LogP contribution >= 0.6 is 15.9 Å². The lowest BCUT2D eigenvalue weighted by Crippen LogP contribution is -2.38. The Morgan fingerprint density at radius 3 is 2.67 bits per heavy atom. The first kappa shape index (κ1) is 19.4. The average Bonchev–Trinajstić information content (AvgIpc) is 2.67. The van der Waals surface area contributed by atoms with Crippen molar-refractivity contribution in [2.45, 2.75) is 26.7 Å². The standard InChI is InChI=1S/C21H23BrN2O3/c1-13(2)21(26)24-10-4-5-14-6-7-15(11-19(14)24)23-20(25)17-12-16(27-3)8-9-18(17)22/h6-9,11-13H,4-5,10H2,1-3H3,(H,23,25). The maximum atomic E-state index is 12.7. The fourth-order valence-corrected chi connectivity index (χ4v) is 3.62. The second kappa shape index (κ2) is 8.13. The molecule has 0 bridgehead atoms. The number of halogens is 1. The van der Waals surface area contributed by atoms with Crippen LogP contribution in [0.2, 0.25) is 0 Å². The quantitative estimate of drug-likeness (QED) is 0.767. The molecule has 0 saturated carbocycles. The summed E-state index contributed by atoms with van der Waals surface area (Å²) >= 11 is 3.41. The number of nitrogens with one attached hydrogen (secondary N) is 1. The first-order chi connectivity index (χ1) is 12.9. The third-order valence-corrected chi connectivity index (χ3v) is 5.33. The molecule has 2 aromatic rings. The highest BCUT2D eigenvalue weighted by Gasteiger charge is 2.25. The molecule has 5 nitrogen and oxygen atoms in total. The summed E-state index contributed by atoms with van der Waals surface area (Å²) in [5.41, 5.74) is 3.18. The van der Waals surface area contributed by atoms with Crippen LogP contribution in [0, 0.1) is 5.92 Å². The number of aryl methyl sites for hydroxylation is 1. The molecule has 0 atom stereocenters. The van der Waals surface area contributed by atoms with Crippen molar-refractivity contribution < 1.29 is 14.3 Å². The summed E-state index contributed by atoms with van der Waals surface area (Å²) in [6, 6.07) is 11.0. The number of amides is 2. The summed E-state index contributed by atoms with van der Waals surface area (Å²) in [5, 5.41) is 2.93. The van der Waals surface area contributed by atoms with Crippen LogP contribution in [0.3, 0.4) is 0 Å². The Hall–Kier alpha value is -2.34. The molecule has 0 aromatic heterocycles. The summed E-state index contributed by atoms with van der Waals surface area (Å²) in [7, 11) is 1.56. The molecule has 3 rings (SSSR count). The van der Waals surface area contributed by atoms with E-state index in [2.05, 4.69) is 21.2 Å². The predicted molar refractivity (Wildman–Crippen MR) is 111 cm³/mol. The fraction of sp³-hybridized carbons (Fsp3) is 0.333. The number of carbonyl (C=O) groups is 2. The van der Waals surface area contributed by atoms with Gasteiger partial charge in [-0.1, -0.05) is 19.9 Å². The molecule has 0 radical (unpaired) electrons. The molecule has 142 valence electrons. The summed E-state index contributed by atoms with van der Waals surface area (Å²) in [6.45, 7) is 4.52. The molecular weight excluding hydrogens is 408 g/mol. The van der Waals surface area contributed by atoms with Gasteiger partial charge in [-0.25, -0.2) is 0 Å². The van der Waals surface area contributed by atoms with E-state index in [4.69, 9.17) is 4.74 Å². The molecular formula is C21H23BrN2O3. The normalized spacial score (nSPS) is 13.3. The molecule has 0 aliphatic carbocycles. The molecule has 27 heavy (non-hydrogen) atoms. The van der Waals surface area contributed by atoms with Crippen LogP contribution in [-0.2, 0) is 11.2 Å². The number of fused-ring (bicyclic) bond motifs is 1. The topological polar surface area (TPSA) is 58.6 Å². The van der Waals surface area contributed by atoms with Gasteiger partial charge in [0.15, 0.2) is 0 Å². The van der Waals surface area contributed by atoms with Crippen LogP contribution in [0.25, 0.3) is 0 Å². The van der Waals surface area contributed by atoms with E-state index in [-0.39, 0.29) is 17.7 Å². The van der Waals surface area contributed by atoms with E-state index in [9.17, 15) is 9.59 Å². The third-order valence-electron chi connectivity index (χ3n) is 4.64. The lowest BCUT2D eigenvalue weighted by atomic mass is 9.99. The molecule has 0 fully saturated rings.